The maximum atomic E-state index is 11.6. The van der Waals surface area contributed by atoms with Crippen LogP contribution in [-0.4, -0.2) is 15.6 Å². The average Bonchev–Trinajstić information content (AvgIpc) is 2.06. The van der Waals surface area contributed by atoms with Crippen LogP contribution >= 0.6 is 0 Å². The molecule has 0 aliphatic carbocycles. The first-order valence-electron chi connectivity index (χ1n) is 3.13. The Morgan fingerprint density at radius 1 is 1.42 bits per heavy atom. The van der Waals surface area contributed by atoms with Gasteiger partial charge in [0.25, 0.3) is 0 Å². The second kappa shape index (κ2) is 4.18. The number of hydrogen-bond acceptors (Lipinski definition) is 2. The van der Waals surface area contributed by atoms with Gasteiger partial charge in [0.1, 0.15) is 5.75 Å². The normalized spacial score (nSPS) is 12.5. The minimum atomic E-state index is -1.99. The predicted octanol–water partition coefficient (Wildman–Crippen LogP) is 1.57. The second-order valence-corrected chi connectivity index (χ2v) is 2.94. The predicted molar refractivity (Wildman–Crippen MR) is 42.1 cm³/mol. The molecule has 0 saturated heterocycles. The van der Waals surface area contributed by atoms with Gasteiger partial charge in [0.15, 0.2) is 11.1 Å². The molecule has 66 valence electrons. The summed E-state index contributed by atoms with van der Waals surface area (Å²) >= 11 is -1.99. The Hall–Kier alpha value is -0.940. The monoisotopic (exact) mass is 190 g/mol. The van der Waals surface area contributed by atoms with Crippen molar-refractivity contribution in [2.75, 3.05) is 6.86 Å². The first-order valence-corrected chi connectivity index (χ1v) is 4.24. The van der Waals surface area contributed by atoms with Gasteiger partial charge in [-0.25, -0.2) is 8.60 Å². The van der Waals surface area contributed by atoms with E-state index in [0.29, 0.717) is 5.75 Å². The van der Waals surface area contributed by atoms with Gasteiger partial charge in [0, 0.05) is 0 Å². The maximum Gasteiger partial charge on any atom is 0.228 e. The van der Waals surface area contributed by atoms with Gasteiger partial charge in [0.05, 0.1) is 4.90 Å². The smallest absolute Gasteiger partial charge is 0.228 e. The van der Waals surface area contributed by atoms with Gasteiger partial charge in [-0.05, 0) is 24.3 Å². The van der Waals surface area contributed by atoms with Crippen molar-refractivity contribution < 1.29 is 17.9 Å². The molecule has 0 radical (unpaired) electrons. The highest BCUT2D eigenvalue weighted by atomic mass is 32.2. The first-order chi connectivity index (χ1) is 5.74. The zero-order valence-corrected chi connectivity index (χ0v) is 6.88. The van der Waals surface area contributed by atoms with Gasteiger partial charge in [0.2, 0.25) is 6.86 Å². The molecule has 0 fully saturated rings. The van der Waals surface area contributed by atoms with E-state index >= 15 is 0 Å². The van der Waals surface area contributed by atoms with Crippen molar-refractivity contribution >= 4 is 11.1 Å². The quantitative estimate of drug-likeness (QED) is 0.736. The third-order valence-corrected chi connectivity index (χ3v) is 1.92. The van der Waals surface area contributed by atoms with Crippen molar-refractivity contribution in [3.63, 3.8) is 0 Å². The van der Waals surface area contributed by atoms with E-state index in [1.54, 1.807) is 0 Å². The zero-order chi connectivity index (χ0) is 8.97. The van der Waals surface area contributed by atoms with Crippen LogP contribution in [0.3, 0.4) is 0 Å². The van der Waals surface area contributed by atoms with E-state index in [-0.39, 0.29) is 4.90 Å². The van der Waals surface area contributed by atoms with Crippen LogP contribution in [0.4, 0.5) is 4.39 Å². The van der Waals surface area contributed by atoms with Crippen molar-refractivity contribution in [3.05, 3.63) is 24.3 Å². The lowest BCUT2D eigenvalue weighted by Gasteiger charge is -2.00. The summed E-state index contributed by atoms with van der Waals surface area (Å²) in [5.74, 6) is 0.340. The average molecular weight is 190 g/mol. The van der Waals surface area contributed by atoms with E-state index in [2.05, 4.69) is 4.74 Å². The van der Waals surface area contributed by atoms with Crippen LogP contribution in [0.5, 0.6) is 5.75 Å². The van der Waals surface area contributed by atoms with Crippen molar-refractivity contribution in [2.45, 2.75) is 4.90 Å². The molecule has 1 unspecified atom stereocenters. The molecule has 1 atom stereocenters. The molecule has 0 aliphatic heterocycles. The topological polar surface area (TPSA) is 46.5 Å². The minimum Gasteiger partial charge on any atom is -0.463 e. The van der Waals surface area contributed by atoms with E-state index in [1.165, 1.54) is 24.3 Å². The summed E-state index contributed by atoms with van der Waals surface area (Å²) in [7, 11) is 0. The Morgan fingerprint density at radius 2 is 2.00 bits per heavy atom. The van der Waals surface area contributed by atoms with Crippen LogP contribution < -0.4 is 4.74 Å². The van der Waals surface area contributed by atoms with Crippen molar-refractivity contribution in [1.29, 1.82) is 0 Å². The number of halogens is 1. The summed E-state index contributed by atoms with van der Waals surface area (Å²) in [4.78, 5) is 0.265. The Labute approximate surface area is 71.5 Å². The third kappa shape index (κ3) is 2.28. The lowest BCUT2D eigenvalue weighted by molar-refractivity contribution is 0.191. The highest BCUT2D eigenvalue weighted by Crippen LogP contribution is 2.13. The number of benzene rings is 1. The molecule has 1 aromatic rings. The summed E-state index contributed by atoms with van der Waals surface area (Å²) in [5.41, 5.74) is 0. The van der Waals surface area contributed by atoms with E-state index in [1.807, 2.05) is 0 Å². The molecule has 0 aliphatic rings. The second-order valence-electron chi connectivity index (χ2n) is 1.97. The van der Waals surface area contributed by atoms with Crippen LogP contribution in [-0.2, 0) is 11.1 Å². The summed E-state index contributed by atoms with van der Waals surface area (Å²) in [6, 6.07) is 5.67. The van der Waals surface area contributed by atoms with Gasteiger partial charge < -0.3 is 9.29 Å². The molecule has 5 heteroatoms. The van der Waals surface area contributed by atoms with Crippen molar-refractivity contribution in [2.24, 2.45) is 0 Å². The molecule has 1 N–H and O–H groups in total. The maximum absolute atomic E-state index is 11.6. The van der Waals surface area contributed by atoms with E-state index in [0.717, 1.165) is 0 Å². The molecule has 1 aromatic carbocycles. The van der Waals surface area contributed by atoms with Crippen LogP contribution in [0.25, 0.3) is 0 Å². The fourth-order valence-corrected chi connectivity index (χ4v) is 1.08. The van der Waals surface area contributed by atoms with Crippen LogP contribution in [0.2, 0.25) is 0 Å². The molecule has 12 heavy (non-hydrogen) atoms. The van der Waals surface area contributed by atoms with E-state index in [4.69, 9.17) is 4.55 Å². The minimum absolute atomic E-state index is 0.265. The first kappa shape index (κ1) is 9.15. The van der Waals surface area contributed by atoms with Gasteiger partial charge >= 0.3 is 0 Å². The highest BCUT2D eigenvalue weighted by molar-refractivity contribution is 7.79. The molecular weight excluding hydrogens is 183 g/mol. The number of alkyl halides is 1. The van der Waals surface area contributed by atoms with Gasteiger partial charge in [-0.15, -0.1) is 0 Å². The molecule has 0 saturated carbocycles. The van der Waals surface area contributed by atoms with Crippen molar-refractivity contribution in [1.82, 2.24) is 0 Å². The third-order valence-electron chi connectivity index (χ3n) is 1.25. The Morgan fingerprint density at radius 3 is 2.42 bits per heavy atom. The Balaban J connectivity index is 2.78. The van der Waals surface area contributed by atoms with Crippen LogP contribution in [0, 0.1) is 0 Å². The van der Waals surface area contributed by atoms with E-state index < -0.39 is 17.9 Å². The SMILES string of the molecule is O=S(O)c1ccc(OCF)cc1. The molecule has 0 amide bonds. The molecule has 0 heterocycles. The standard InChI is InChI=1S/C7H7FO3S/c8-5-11-6-1-3-7(4-2-6)12(9)10/h1-4H,5H2,(H,9,10). The molecule has 1 rings (SSSR count). The largest absolute Gasteiger partial charge is 0.463 e. The summed E-state index contributed by atoms with van der Waals surface area (Å²) in [5, 5.41) is 0. The number of hydrogen-bond donors (Lipinski definition) is 1. The summed E-state index contributed by atoms with van der Waals surface area (Å²) < 4.78 is 35.2. The highest BCUT2D eigenvalue weighted by Gasteiger charge is 1.98. The Bertz CT molecular complexity index is 272. The van der Waals surface area contributed by atoms with Gasteiger partial charge in [-0.1, -0.05) is 0 Å². The fraction of sp³-hybridized carbons (Fsp3) is 0.143. The summed E-state index contributed by atoms with van der Waals surface area (Å²) in [6.07, 6.45) is 0. The molecule has 0 spiro atoms. The molecule has 0 bridgehead atoms. The number of ether oxygens (including phenoxy) is 1. The van der Waals surface area contributed by atoms with Crippen molar-refractivity contribution in [3.8, 4) is 5.75 Å². The lowest BCUT2D eigenvalue weighted by Crippen LogP contribution is -1.91. The van der Waals surface area contributed by atoms with Gasteiger partial charge in [-0.2, -0.15) is 0 Å². The molecule has 0 aromatic heterocycles. The number of rotatable bonds is 3. The zero-order valence-electron chi connectivity index (χ0n) is 6.07. The molecular formula is C7H7FO3S. The van der Waals surface area contributed by atoms with E-state index in [9.17, 15) is 8.60 Å². The Kier molecular flexibility index (Phi) is 3.19. The van der Waals surface area contributed by atoms with Gasteiger partial charge in [-0.3, -0.25) is 0 Å². The van der Waals surface area contributed by atoms with Crippen LogP contribution in [0.15, 0.2) is 29.2 Å². The fourth-order valence-electron chi connectivity index (χ4n) is 0.715. The molecule has 3 nitrogen and oxygen atoms in total. The lowest BCUT2D eigenvalue weighted by atomic mass is 10.3. The van der Waals surface area contributed by atoms with Crippen LogP contribution in [0.1, 0.15) is 0 Å². The summed E-state index contributed by atoms with van der Waals surface area (Å²) in [6.45, 7) is -0.901.